The maximum Gasteiger partial charge on any atom is 0.170 e. The van der Waals surface area contributed by atoms with Crippen molar-refractivity contribution >= 4 is 0 Å². The molecule has 2 N–H and O–H groups in total. The number of hydrogen-bond donors (Lipinski definition) is 2. The Kier molecular flexibility index (Phi) is 8.39. The van der Waals surface area contributed by atoms with E-state index in [4.69, 9.17) is 18.9 Å². The van der Waals surface area contributed by atoms with Crippen molar-refractivity contribution in [1.29, 1.82) is 0 Å². The molecule has 3 saturated heterocycles. The molecule has 3 heterocycles. The van der Waals surface area contributed by atoms with Crippen molar-refractivity contribution in [2.45, 2.75) is 149 Å². The highest BCUT2D eigenvalue weighted by atomic mass is 16.7. The molecule has 5 saturated carbocycles. The fourth-order valence-electron chi connectivity index (χ4n) is 14.7. The van der Waals surface area contributed by atoms with E-state index < -0.39 is 17.8 Å². The van der Waals surface area contributed by atoms with Crippen molar-refractivity contribution in [2.75, 3.05) is 53.0 Å². The highest BCUT2D eigenvalue weighted by Gasteiger charge is 2.84. The van der Waals surface area contributed by atoms with Gasteiger partial charge in [-0.3, -0.25) is 4.90 Å². The summed E-state index contributed by atoms with van der Waals surface area (Å²) < 4.78 is 26.0. The molecule has 14 atom stereocenters. The molecule has 5 aliphatic carbocycles. The first-order valence-corrected chi connectivity index (χ1v) is 19.9. The van der Waals surface area contributed by atoms with Crippen molar-refractivity contribution in [3.63, 3.8) is 0 Å². The van der Waals surface area contributed by atoms with Crippen molar-refractivity contribution in [1.82, 2.24) is 9.80 Å². The lowest BCUT2D eigenvalue weighted by Gasteiger charge is -2.64. The summed E-state index contributed by atoms with van der Waals surface area (Å²) >= 11 is 0. The third-order valence-corrected chi connectivity index (χ3v) is 17.2. The number of nitrogens with zero attached hydrogens (tertiary/aromatic N) is 2. The van der Waals surface area contributed by atoms with E-state index in [9.17, 15) is 10.2 Å². The van der Waals surface area contributed by atoms with Gasteiger partial charge in [0.15, 0.2) is 6.29 Å². The number of fused-ring (bicyclic) bond motifs is 4. The van der Waals surface area contributed by atoms with Crippen LogP contribution in [0, 0.1) is 50.7 Å². The Labute approximate surface area is 290 Å². The summed E-state index contributed by atoms with van der Waals surface area (Å²) in [6.45, 7) is 23.5. The van der Waals surface area contributed by atoms with Gasteiger partial charge >= 0.3 is 0 Å². The standard InChI is InChI=1S/C40H68N2O6/c1-25-22-26(34(45-8)36(4,5)44)47-32-31(25)37(6)14-15-40-24-39(40)13-12-29(35(2,3)27(39)10-11-28(40)38(37,7)33(32)43)48-30-23-42(20-21-46-30)19-18-41-16-9-17-41/h25-34,43-44H,9-24H2,1-8H3/t25-,26?,27+,28?,29+,30+,31+,32?,33+,34+,37-,38-,39?,40+/m1/s1. The van der Waals surface area contributed by atoms with E-state index in [1.807, 2.05) is 13.8 Å². The first kappa shape index (κ1) is 34.7. The van der Waals surface area contributed by atoms with Gasteiger partial charge in [-0.15, -0.1) is 0 Å². The summed E-state index contributed by atoms with van der Waals surface area (Å²) in [5.74, 6) is 1.87. The van der Waals surface area contributed by atoms with Crippen LogP contribution in [0.1, 0.15) is 106 Å². The summed E-state index contributed by atoms with van der Waals surface area (Å²) in [6.07, 6.45) is 9.53. The summed E-state index contributed by atoms with van der Waals surface area (Å²) in [5.41, 5.74) is -0.392. The highest BCUT2D eigenvalue weighted by molar-refractivity contribution is 5.33. The lowest BCUT2D eigenvalue weighted by atomic mass is 9.41. The fourth-order valence-corrected chi connectivity index (χ4v) is 14.7. The Hall–Kier alpha value is -0.320. The number of methoxy groups -OCH3 is 1. The Morgan fingerprint density at radius 3 is 2.33 bits per heavy atom. The lowest BCUT2D eigenvalue weighted by molar-refractivity contribution is -0.249. The maximum absolute atomic E-state index is 12.6. The van der Waals surface area contributed by atoms with Crippen LogP contribution in [-0.4, -0.2) is 115 Å². The van der Waals surface area contributed by atoms with E-state index in [1.54, 1.807) is 7.11 Å². The predicted octanol–water partition coefficient (Wildman–Crippen LogP) is 5.33. The zero-order valence-electron chi connectivity index (χ0n) is 31.5. The molecule has 0 aromatic rings. The highest BCUT2D eigenvalue weighted by Crippen LogP contribution is 2.89. The average molecular weight is 673 g/mol. The minimum Gasteiger partial charge on any atom is -0.390 e. The van der Waals surface area contributed by atoms with Crippen molar-refractivity contribution in [3.05, 3.63) is 0 Å². The van der Waals surface area contributed by atoms with Crippen LogP contribution in [0.2, 0.25) is 0 Å². The predicted molar refractivity (Wildman–Crippen MR) is 185 cm³/mol. The molecule has 8 aliphatic rings. The smallest absolute Gasteiger partial charge is 0.170 e. The Morgan fingerprint density at radius 2 is 1.65 bits per heavy atom. The molecular formula is C40H68N2O6. The Morgan fingerprint density at radius 1 is 0.938 bits per heavy atom. The first-order valence-electron chi connectivity index (χ1n) is 19.9. The summed E-state index contributed by atoms with van der Waals surface area (Å²) in [5, 5.41) is 23.5. The number of rotatable bonds is 8. The van der Waals surface area contributed by atoms with Crippen LogP contribution >= 0.6 is 0 Å². The van der Waals surface area contributed by atoms with E-state index in [2.05, 4.69) is 44.4 Å². The van der Waals surface area contributed by atoms with Crippen LogP contribution in [0.3, 0.4) is 0 Å². The van der Waals surface area contributed by atoms with Crippen LogP contribution in [-0.2, 0) is 18.9 Å². The van der Waals surface area contributed by atoms with E-state index in [1.165, 1.54) is 64.6 Å². The van der Waals surface area contributed by atoms with Crippen LogP contribution in [0.5, 0.6) is 0 Å². The quantitative estimate of drug-likeness (QED) is 0.358. The molecule has 4 unspecified atom stereocenters. The largest absolute Gasteiger partial charge is 0.390 e. The lowest BCUT2D eigenvalue weighted by Crippen LogP contribution is -2.60. The van der Waals surface area contributed by atoms with Gasteiger partial charge in [-0.05, 0) is 130 Å². The molecule has 0 aromatic heterocycles. The van der Waals surface area contributed by atoms with E-state index in [-0.39, 0.29) is 40.8 Å². The maximum atomic E-state index is 12.6. The van der Waals surface area contributed by atoms with Gasteiger partial charge in [-0.2, -0.15) is 0 Å². The minimum atomic E-state index is -1.01. The van der Waals surface area contributed by atoms with Gasteiger partial charge < -0.3 is 34.1 Å². The molecule has 0 aromatic carbocycles. The van der Waals surface area contributed by atoms with Gasteiger partial charge in [0.1, 0.15) is 6.10 Å². The van der Waals surface area contributed by atoms with Gasteiger partial charge in [0.25, 0.3) is 0 Å². The molecule has 8 heteroatoms. The van der Waals surface area contributed by atoms with Crippen LogP contribution in [0.4, 0.5) is 0 Å². The zero-order chi connectivity index (χ0) is 34.1. The molecule has 0 radical (unpaired) electrons. The minimum absolute atomic E-state index is 0.0287. The van der Waals surface area contributed by atoms with Gasteiger partial charge in [0.05, 0.1) is 36.6 Å². The van der Waals surface area contributed by atoms with Gasteiger partial charge in [-0.1, -0.05) is 34.6 Å². The second-order valence-electron chi connectivity index (χ2n) is 19.8. The van der Waals surface area contributed by atoms with Crippen molar-refractivity contribution in [3.8, 4) is 0 Å². The molecule has 8 fully saturated rings. The van der Waals surface area contributed by atoms with Crippen LogP contribution < -0.4 is 0 Å². The molecule has 0 bridgehead atoms. The zero-order valence-corrected chi connectivity index (χ0v) is 31.5. The Bertz CT molecular complexity index is 1220. The van der Waals surface area contributed by atoms with Gasteiger partial charge in [0, 0.05) is 38.7 Å². The number of ether oxygens (including phenoxy) is 4. The van der Waals surface area contributed by atoms with Crippen molar-refractivity contribution in [2.24, 2.45) is 50.7 Å². The molecule has 48 heavy (non-hydrogen) atoms. The third kappa shape index (κ3) is 4.74. The molecule has 3 aliphatic heterocycles. The second kappa shape index (κ2) is 11.6. The Balaban J connectivity index is 0.994. The summed E-state index contributed by atoms with van der Waals surface area (Å²) in [4.78, 5) is 5.12. The van der Waals surface area contributed by atoms with Crippen LogP contribution in [0.25, 0.3) is 0 Å². The number of hydrogen-bond acceptors (Lipinski definition) is 8. The SMILES string of the molecule is CO[C@@H](C1C[C@@H](C)[C@H]2C(O1)[C@H](O)[C@@]1(C)C3CC[C@H]4C(C)(C)[C@@H](O[C@H]5CN(CCN6CCC6)CCO5)CCC45C[C@@]35CC[C@]21C)C(C)(C)O. The first-order chi connectivity index (χ1) is 22.6. The molecule has 2 spiro atoms. The molecule has 274 valence electrons. The molecule has 8 rings (SSSR count). The normalized spacial score (nSPS) is 52.2. The molecular weight excluding hydrogens is 604 g/mol. The number of morpholine rings is 1. The van der Waals surface area contributed by atoms with Gasteiger partial charge in [-0.25, -0.2) is 0 Å². The number of likely N-dealkylation sites (tertiary alicyclic amines) is 1. The summed E-state index contributed by atoms with van der Waals surface area (Å²) in [6, 6.07) is 0. The topological polar surface area (TPSA) is 83.9 Å². The van der Waals surface area contributed by atoms with E-state index in [0.717, 1.165) is 39.1 Å². The van der Waals surface area contributed by atoms with E-state index >= 15 is 0 Å². The average Bonchev–Trinajstić information content (AvgIpc) is 3.62. The number of aliphatic hydroxyl groups is 2. The fraction of sp³-hybridized carbons (Fsp3) is 1.00. The van der Waals surface area contributed by atoms with Gasteiger partial charge in [0.2, 0.25) is 0 Å². The van der Waals surface area contributed by atoms with Crippen molar-refractivity contribution < 1.29 is 29.2 Å². The second-order valence-corrected chi connectivity index (χ2v) is 19.8. The molecule has 0 amide bonds. The number of aliphatic hydroxyl groups excluding tert-OH is 1. The van der Waals surface area contributed by atoms with E-state index in [0.29, 0.717) is 34.5 Å². The van der Waals surface area contributed by atoms with Crippen LogP contribution in [0.15, 0.2) is 0 Å². The third-order valence-electron chi connectivity index (χ3n) is 17.2. The monoisotopic (exact) mass is 673 g/mol. The summed E-state index contributed by atoms with van der Waals surface area (Å²) in [7, 11) is 1.68. The molecule has 8 nitrogen and oxygen atoms in total.